The molecule has 0 unspecified atom stereocenters. The summed E-state index contributed by atoms with van der Waals surface area (Å²) in [5, 5.41) is 9.11. The Balaban J connectivity index is 2.13. The van der Waals surface area contributed by atoms with Gasteiger partial charge < -0.3 is 9.84 Å². The maximum atomic E-state index is 12.6. The van der Waals surface area contributed by atoms with E-state index in [4.69, 9.17) is 9.84 Å². The zero-order chi connectivity index (χ0) is 14.8. The molecule has 5 nitrogen and oxygen atoms in total. The van der Waals surface area contributed by atoms with Gasteiger partial charge in [-0.3, -0.25) is 0 Å². The number of sulfonamides is 1. The van der Waals surface area contributed by atoms with Gasteiger partial charge in [0.25, 0.3) is 0 Å². The predicted octanol–water partition coefficient (Wildman–Crippen LogP) is 2.05. The summed E-state index contributed by atoms with van der Waals surface area (Å²) < 4.78 is 32.4. The summed E-state index contributed by atoms with van der Waals surface area (Å²) in [7, 11) is -1.81. The van der Waals surface area contributed by atoms with Crippen molar-refractivity contribution in [3.8, 4) is 0 Å². The van der Waals surface area contributed by atoms with Gasteiger partial charge in [0.05, 0.1) is 10.4 Å². The van der Waals surface area contributed by atoms with Crippen LogP contribution in [0.15, 0.2) is 14.7 Å². The van der Waals surface area contributed by atoms with Crippen LogP contribution in [0.2, 0.25) is 0 Å². The Labute approximate surface area is 131 Å². The fourth-order valence-electron chi connectivity index (χ4n) is 2.34. The maximum Gasteiger partial charge on any atom is 0.245 e. The molecule has 0 saturated carbocycles. The molecule has 2 heterocycles. The molecule has 0 spiro atoms. The predicted molar refractivity (Wildman–Crippen MR) is 81.3 cm³/mol. The molecule has 0 atom stereocenters. The van der Waals surface area contributed by atoms with Crippen LogP contribution in [0.4, 0.5) is 0 Å². The Kier molecular flexibility index (Phi) is 5.61. The van der Waals surface area contributed by atoms with E-state index in [9.17, 15) is 8.42 Å². The quantitative estimate of drug-likeness (QED) is 0.844. The molecule has 1 fully saturated rings. The van der Waals surface area contributed by atoms with E-state index in [1.54, 1.807) is 13.2 Å². The third-order valence-electron chi connectivity index (χ3n) is 3.46. The number of methoxy groups -OCH3 is 1. The van der Waals surface area contributed by atoms with Gasteiger partial charge in [-0.25, -0.2) is 8.42 Å². The first kappa shape index (κ1) is 16.4. The number of ether oxygens (including phenoxy) is 1. The Morgan fingerprint density at radius 2 is 2.15 bits per heavy atom. The largest absolute Gasteiger partial charge is 0.391 e. The van der Waals surface area contributed by atoms with Crippen LogP contribution in [0.5, 0.6) is 0 Å². The van der Waals surface area contributed by atoms with Gasteiger partial charge in [-0.1, -0.05) is 0 Å². The van der Waals surface area contributed by atoms with Crippen LogP contribution < -0.4 is 0 Å². The lowest BCUT2D eigenvalue weighted by atomic mass is 9.99. The molecule has 20 heavy (non-hydrogen) atoms. The Hall–Kier alpha value is 0.01000. The topological polar surface area (TPSA) is 66.8 Å². The summed E-state index contributed by atoms with van der Waals surface area (Å²) >= 11 is 4.53. The Bertz CT molecular complexity index is 550. The molecule has 114 valence electrons. The van der Waals surface area contributed by atoms with Crippen LogP contribution in [0.1, 0.15) is 17.7 Å². The molecule has 0 amide bonds. The van der Waals surface area contributed by atoms with Gasteiger partial charge in [0.2, 0.25) is 10.0 Å². The van der Waals surface area contributed by atoms with Crippen molar-refractivity contribution in [2.75, 3.05) is 26.8 Å². The lowest BCUT2D eigenvalue weighted by molar-refractivity contribution is 0.121. The van der Waals surface area contributed by atoms with E-state index in [2.05, 4.69) is 15.9 Å². The van der Waals surface area contributed by atoms with E-state index in [0.717, 1.165) is 12.8 Å². The van der Waals surface area contributed by atoms with Crippen molar-refractivity contribution < 1.29 is 18.3 Å². The van der Waals surface area contributed by atoms with Crippen molar-refractivity contribution in [3.05, 3.63) is 14.7 Å². The normalized spacial score (nSPS) is 18.6. The third kappa shape index (κ3) is 3.42. The second-order valence-corrected chi connectivity index (χ2v) is 9.17. The fraction of sp³-hybridized carbons (Fsp3) is 0.667. The second kappa shape index (κ2) is 6.85. The number of hydrogen-bond donors (Lipinski definition) is 1. The highest BCUT2D eigenvalue weighted by molar-refractivity contribution is 9.11. The average molecular weight is 384 g/mol. The number of aliphatic hydroxyl groups excluding tert-OH is 1. The molecule has 1 aromatic heterocycles. The lowest BCUT2D eigenvalue weighted by Gasteiger charge is -2.30. The molecule has 1 aliphatic heterocycles. The van der Waals surface area contributed by atoms with Crippen LogP contribution in [-0.4, -0.2) is 44.6 Å². The van der Waals surface area contributed by atoms with E-state index in [1.807, 2.05) is 0 Å². The zero-order valence-corrected chi connectivity index (χ0v) is 14.4. The first-order valence-corrected chi connectivity index (χ1v) is 9.42. The number of hydrogen-bond acceptors (Lipinski definition) is 5. The van der Waals surface area contributed by atoms with E-state index >= 15 is 0 Å². The summed E-state index contributed by atoms with van der Waals surface area (Å²) in [6, 6.07) is 1.55. The molecule has 8 heteroatoms. The summed E-state index contributed by atoms with van der Waals surface area (Å²) in [6.45, 7) is 1.58. The summed E-state index contributed by atoms with van der Waals surface area (Å²) in [5.41, 5.74) is 0. The number of thiophene rings is 1. The van der Waals surface area contributed by atoms with Crippen molar-refractivity contribution in [3.63, 3.8) is 0 Å². The van der Waals surface area contributed by atoms with E-state index in [-0.39, 0.29) is 11.5 Å². The smallest absolute Gasteiger partial charge is 0.245 e. The number of nitrogens with zero attached hydrogens (tertiary/aromatic N) is 1. The van der Waals surface area contributed by atoms with E-state index in [1.165, 1.54) is 15.6 Å². The Morgan fingerprint density at radius 1 is 1.50 bits per heavy atom. The SMILES string of the molecule is COCC1CCN(S(=O)(=O)c2cc(CO)sc2Br)CC1. The standard InChI is InChI=1S/C12H18BrNO4S2/c1-18-8-9-2-4-14(5-3-9)20(16,17)11-6-10(7-15)19-12(11)13/h6,9,15H,2-5,7-8H2,1H3. The molecule has 0 radical (unpaired) electrons. The highest BCUT2D eigenvalue weighted by Crippen LogP contribution is 2.34. The minimum Gasteiger partial charge on any atom is -0.391 e. The molecule has 1 saturated heterocycles. The van der Waals surface area contributed by atoms with Crippen molar-refractivity contribution >= 4 is 37.3 Å². The van der Waals surface area contributed by atoms with Crippen LogP contribution in [-0.2, 0) is 21.4 Å². The molecule has 1 aliphatic rings. The highest BCUT2D eigenvalue weighted by Gasteiger charge is 2.31. The summed E-state index contributed by atoms with van der Waals surface area (Å²) in [4.78, 5) is 0.904. The van der Waals surface area contributed by atoms with Crippen molar-refractivity contribution in [1.82, 2.24) is 4.31 Å². The van der Waals surface area contributed by atoms with Gasteiger partial charge >= 0.3 is 0 Å². The van der Waals surface area contributed by atoms with E-state index < -0.39 is 10.0 Å². The van der Waals surface area contributed by atoms with Gasteiger partial charge in [-0.05, 0) is 40.8 Å². The monoisotopic (exact) mass is 383 g/mol. The molecule has 0 bridgehead atoms. The fourth-order valence-corrected chi connectivity index (χ4v) is 6.30. The second-order valence-electron chi connectivity index (χ2n) is 4.81. The minimum absolute atomic E-state index is 0.144. The average Bonchev–Trinajstić information content (AvgIpc) is 2.82. The number of aliphatic hydroxyl groups is 1. The summed E-state index contributed by atoms with van der Waals surface area (Å²) in [6.07, 6.45) is 1.64. The molecular weight excluding hydrogens is 366 g/mol. The lowest BCUT2D eigenvalue weighted by Crippen LogP contribution is -2.39. The zero-order valence-electron chi connectivity index (χ0n) is 11.2. The van der Waals surface area contributed by atoms with Gasteiger partial charge in [0.1, 0.15) is 4.90 Å². The first-order valence-electron chi connectivity index (χ1n) is 6.37. The van der Waals surface area contributed by atoms with Gasteiger partial charge in [-0.15, -0.1) is 11.3 Å². The molecule has 1 N–H and O–H groups in total. The van der Waals surface area contributed by atoms with Crippen molar-refractivity contribution in [1.29, 1.82) is 0 Å². The number of rotatable bonds is 5. The van der Waals surface area contributed by atoms with Crippen LogP contribution >= 0.6 is 27.3 Å². The molecular formula is C12H18BrNO4S2. The Morgan fingerprint density at radius 3 is 2.65 bits per heavy atom. The maximum absolute atomic E-state index is 12.6. The summed E-state index contributed by atoms with van der Waals surface area (Å²) in [5.74, 6) is 0.436. The first-order chi connectivity index (χ1) is 9.48. The van der Waals surface area contributed by atoms with Gasteiger partial charge in [0, 0.05) is 31.7 Å². The van der Waals surface area contributed by atoms with Crippen molar-refractivity contribution in [2.45, 2.75) is 24.3 Å². The van der Waals surface area contributed by atoms with Gasteiger partial charge in [-0.2, -0.15) is 4.31 Å². The van der Waals surface area contributed by atoms with Crippen molar-refractivity contribution in [2.24, 2.45) is 5.92 Å². The minimum atomic E-state index is -3.48. The molecule has 0 aliphatic carbocycles. The highest BCUT2D eigenvalue weighted by atomic mass is 79.9. The van der Waals surface area contributed by atoms with Gasteiger partial charge in [0.15, 0.2) is 0 Å². The van der Waals surface area contributed by atoms with Crippen LogP contribution in [0, 0.1) is 5.92 Å². The van der Waals surface area contributed by atoms with Crippen LogP contribution in [0.25, 0.3) is 0 Å². The number of halogens is 1. The van der Waals surface area contributed by atoms with Crippen LogP contribution in [0.3, 0.4) is 0 Å². The molecule has 0 aromatic carbocycles. The molecule has 1 aromatic rings. The third-order valence-corrected chi connectivity index (χ3v) is 7.59. The molecule has 2 rings (SSSR count). The van der Waals surface area contributed by atoms with E-state index in [0.29, 0.717) is 34.3 Å². The number of piperidine rings is 1.